The molecule has 0 fully saturated rings. The van der Waals surface area contributed by atoms with E-state index in [-0.39, 0.29) is 0 Å². The first-order valence-corrected chi connectivity index (χ1v) is 7.80. The van der Waals surface area contributed by atoms with Gasteiger partial charge in [-0.15, -0.1) is 0 Å². The standard InChI is InChI=1S/C15H23N3S/c1-11(2)14-9-10-19-15(17-14)16-12-5-7-13(8-6-12)18(3)4/h5-8,11,14H,9-10H2,1-4H3,(H,16,17). The Morgan fingerprint density at radius 2 is 1.95 bits per heavy atom. The first-order chi connectivity index (χ1) is 9.06. The van der Waals surface area contributed by atoms with E-state index in [1.807, 2.05) is 11.8 Å². The van der Waals surface area contributed by atoms with E-state index in [9.17, 15) is 0 Å². The number of nitrogens with one attached hydrogen (secondary N) is 1. The Labute approximate surface area is 120 Å². The normalized spacial score (nSPS) is 19.2. The van der Waals surface area contributed by atoms with E-state index in [4.69, 9.17) is 4.99 Å². The molecule has 104 valence electrons. The quantitative estimate of drug-likeness (QED) is 0.913. The fraction of sp³-hybridized carbons (Fsp3) is 0.533. The van der Waals surface area contributed by atoms with Crippen molar-refractivity contribution in [2.24, 2.45) is 10.9 Å². The molecule has 3 nitrogen and oxygen atoms in total. The monoisotopic (exact) mass is 277 g/mol. The highest BCUT2D eigenvalue weighted by molar-refractivity contribution is 8.14. The predicted octanol–water partition coefficient (Wildman–Crippen LogP) is 3.68. The van der Waals surface area contributed by atoms with Crippen molar-refractivity contribution < 1.29 is 0 Å². The molecule has 0 saturated heterocycles. The Kier molecular flexibility index (Phi) is 4.75. The topological polar surface area (TPSA) is 27.6 Å². The summed E-state index contributed by atoms with van der Waals surface area (Å²) in [5, 5.41) is 4.48. The van der Waals surface area contributed by atoms with Gasteiger partial charge >= 0.3 is 0 Å². The van der Waals surface area contributed by atoms with Gasteiger partial charge in [-0.3, -0.25) is 4.99 Å². The molecule has 0 spiro atoms. The highest BCUT2D eigenvalue weighted by Gasteiger charge is 2.18. The van der Waals surface area contributed by atoms with Crippen LogP contribution in [0.15, 0.2) is 29.3 Å². The van der Waals surface area contributed by atoms with Gasteiger partial charge in [-0.1, -0.05) is 25.6 Å². The molecule has 2 rings (SSSR count). The molecule has 0 bridgehead atoms. The van der Waals surface area contributed by atoms with E-state index in [0.29, 0.717) is 12.0 Å². The third kappa shape index (κ3) is 3.90. The molecule has 19 heavy (non-hydrogen) atoms. The molecule has 1 atom stereocenters. The number of anilines is 2. The Bertz CT molecular complexity index is 437. The van der Waals surface area contributed by atoms with Gasteiger partial charge in [0.25, 0.3) is 0 Å². The van der Waals surface area contributed by atoms with Crippen LogP contribution < -0.4 is 10.2 Å². The fourth-order valence-corrected chi connectivity index (χ4v) is 3.00. The van der Waals surface area contributed by atoms with Crippen LogP contribution >= 0.6 is 11.8 Å². The minimum atomic E-state index is 0.463. The number of rotatable bonds is 3. The average molecular weight is 277 g/mol. The van der Waals surface area contributed by atoms with Crippen molar-refractivity contribution in [3.05, 3.63) is 24.3 Å². The first kappa shape index (κ1) is 14.3. The van der Waals surface area contributed by atoms with Crippen LogP contribution in [0.25, 0.3) is 0 Å². The molecular weight excluding hydrogens is 254 g/mol. The summed E-state index contributed by atoms with van der Waals surface area (Å²) in [5.41, 5.74) is 2.32. The van der Waals surface area contributed by atoms with E-state index in [0.717, 1.165) is 16.6 Å². The summed E-state index contributed by atoms with van der Waals surface area (Å²) in [6.45, 7) is 4.49. The SMILES string of the molecule is CC(C)C1CCSC(Nc2ccc(N(C)C)cc2)=N1. The van der Waals surface area contributed by atoms with Gasteiger partial charge < -0.3 is 10.2 Å². The van der Waals surface area contributed by atoms with Crippen molar-refractivity contribution in [1.29, 1.82) is 0 Å². The summed E-state index contributed by atoms with van der Waals surface area (Å²) in [5.74, 6) is 1.78. The van der Waals surface area contributed by atoms with Crippen molar-refractivity contribution in [3.63, 3.8) is 0 Å². The van der Waals surface area contributed by atoms with E-state index < -0.39 is 0 Å². The maximum absolute atomic E-state index is 4.79. The third-order valence-corrected chi connectivity index (χ3v) is 4.26. The van der Waals surface area contributed by atoms with E-state index >= 15 is 0 Å². The van der Waals surface area contributed by atoms with E-state index in [1.165, 1.54) is 12.1 Å². The Hall–Kier alpha value is -1.16. The summed E-state index contributed by atoms with van der Waals surface area (Å²) in [6, 6.07) is 8.92. The second kappa shape index (κ2) is 6.33. The zero-order valence-corrected chi connectivity index (χ0v) is 13.0. The summed E-state index contributed by atoms with van der Waals surface area (Å²) in [4.78, 5) is 6.89. The second-order valence-electron chi connectivity index (χ2n) is 5.45. The third-order valence-electron chi connectivity index (χ3n) is 3.34. The number of benzene rings is 1. The van der Waals surface area contributed by atoms with Gasteiger partial charge in [-0.2, -0.15) is 0 Å². The van der Waals surface area contributed by atoms with Crippen molar-refractivity contribution >= 4 is 28.3 Å². The molecule has 1 aliphatic rings. The lowest BCUT2D eigenvalue weighted by Crippen LogP contribution is -2.23. The molecule has 1 aromatic rings. The maximum Gasteiger partial charge on any atom is 0.161 e. The molecule has 0 aliphatic carbocycles. The number of nitrogens with zero attached hydrogens (tertiary/aromatic N) is 2. The van der Waals surface area contributed by atoms with Crippen LogP contribution in [0.2, 0.25) is 0 Å². The molecule has 0 aromatic heterocycles. The van der Waals surface area contributed by atoms with Crippen LogP contribution in [0.5, 0.6) is 0 Å². The minimum Gasteiger partial charge on any atom is -0.378 e. The van der Waals surface area contributed by atoms with Crippen LogP contribution in [-0.2, 0) is 0 Å². The van der Waals surface area contributed by atoms with Crippen LogP contribution in [-0.4, -0.2) is 31.1 Å². The van der Waals surface area contributed by atoms with Crippen molar-refractivity contribution in [2.75, 3.05) is 30.1 Å². The summed E-state index contributed by atoms with van der Waals surface area (Å²) < 4.78 is 0. The number of hydrogen-bond donors (Lipinski definition) is 1. The lowest BCUT2D eigenvalue weighted by molar-refractivity contribution is 0.485. The van der Waals surface area contributed by atoms with E-state index in [2.05, 4.69) is 62.4 Å². The zero-order valence-electron chi connectivity index (χ0n) is 12.2. The number of thioether (sulfide) groups is 1. The smallest absolute Gasteiger partial charge is 0.161 e. The van der Waals surface area contributed by atoms with Crippen LogP contribution in [0.4, 0.5) is 11.4 Å². The van der Waals surface area contributed by atoms with Crippen LogP contribution in [0, 0.1) is 5.92 Å². The molecule has 0 saturated carbocycles. The van der Waals surface area contributed by atoms with Gasteiger partial charge in [-0.05, 0) is 36.6 Å². The predicted molar refractivity (Wildman–Crippen MR) is 87.5 cm³/mol. The molecule has 0 radical (unpaired) electrons. The second-order valence-corrected chi connectivity index (χ2v) is 6.53. The van der Waals surface area contributed by atoms with Crippen LogP contribution in [0.3, 0.4) is 0 Å². The van der Waals surface area contributed by atoms with Gasteiger partial charge in [0, 0.05) is 31.2 Å². The molecule has 1 N–H and O–H groups in total. The molecule has 1 unspecified atom stereocenters. The first-order valence-electron chi connectivity index (χ1n) is 6.81. The number of amidine groups is 1. The zero-order chi connectivity index (χ0) is 13.8. The van der Waals surface area contributed by atoms with Gasteiger partial charge in [0.15, 0.2) is 5.17 Å². The average Bonchev–Trinajstić information content (AvgIpc) is 2.39. The molecule has 1 aromatic carbocycles. The maximum atomic E-state index is 4.79. The van der Waals surface area contributed by atoms with Gasteiger partial charge in [0.1, 0.15) is 0 Å². The Morgan fingerprint density at radius 1 is 1.26 bits per heavy atom. The molecule has 1 aliphatic heterocycles. The highest BCUT2D eigenvalue weighted by Crippen LogP contribution is 2.24. The Balaban J connectivity index is 2.04. The molecular formula is C15H23N3S. The lowest BCUT2D eigenvalue weighted by atomic mass is 10.0. The van der Waals surface area contributed by atoms with Crippen molar-refractivity contribution in [2.45, 2.75) is 26.3 Å². The van der Waals surface area contributed by atoms with Crippen LogP contribution in [0.1, 0.15) is 20.3 Å². The summed E-state index contributed by atoms with van der Waals surface area (Å²) in [7, 11) is 4.10. The highest BCUT2D eigenvalue weighted by atomic mass is 32.2. The van der Waals surface area contributed by atoms with Gasteiger partial charge in [0.05, 0.1) is 6.04 Å². The molecule has 4 heteroatoms. The van der Waals surface area contributed by atoms with Gasteiger partial charge in [0.2, 0.25) is 0 Å². The molecule has 0 amide bonds. The van der Waals surface area contributed by atoms with E-state index in [1.54, 1.807) is 0 Å². The van der Waals surface area contributed by atoms with Crippen molar-refractivity contribution in [1.82, 2.24) is 0 Å². The molecule has 1 heterocycles. The number of aliphatic imine (C=N–C) groups is 1. The number of hydrogen-bond acceptors (Lipinski definition) is 4. The van der Waals surface area contributed by atoms with Gasteiger partial charge in [-0.25, -0.2) is 0 Å². The minimum absolute atomic E-state index is 0.463. The van der Waals surface area contributed by atoms with Crippen molar-refractivity contribution in [3.8, 4) is 0 Å². The summed E-state index contributed by atoms with van der Waals surface area (Å²) >= 11 is 1.82. The lowest BCUT2D eigenvalue weighted by Gasteiger charge is -2.23. The fourth-order valence-electron chi connectivity index (χ4n) is 2.05. The Morgan fingerprint density at radius 3 is 2.53 bits per heavy atom. The summed E-state index contributed by atoms with van der Waals surface area (Å²) in [6.07, 6.45) is 1.19. The largest absolute Gasteiger partial charge is 0.378 e.